The van der Waals surface area contributed by atoms with E-state index in [1.165, 1.54) is 24.8 Å². The zero-order valence-corrected chi connectivity index (χ0v) is 13.2. The monoisotopic (exact) mass is 289 g/mol. The number of hydrogen-bond donors (Lipinski definition) is 1. The van der Waals surface area contributed by atoms with Gasteiger partial charge in [0.2, 0.25) is 0 Å². The molecule has 0 aromatic heterocycles. The number of likely N-dealkylation sites (tertiary alicyclic amines) is 1. The van der Waals surface area contributed by atoms with Gasteiger partial charge in [0, 0.05) is 13.1 Å². The summed E-state index contributed by atoms with van der Waals surface area (Å²) in [5, 5.41) is 0. The van der Waals surface area contributed by atoms with Crippen molar-refractivity contribution in [3.63, 3.8) is 0 Å². The number of rotatable bonds is 5. The Labute approximate surface area is 128 Å². The van der Waals surface area contributed by atoms with Gasteiger partial charge in [0.15, 0.2) is 5.96 Å². The lowest BCUT2D eigenvalue weighted by Gasteiger charge is -2.27. The van der Waals surface area contributed by atoms with E-state index in [9.17, 15) is 0 Å². The van der Waals surface area contributed by atoms with E-state index < -0.39 is 0 Å². The summed E-state index contributed by atoms with van der Waals surface area (Å²) in [6, 6.07) is 8.27. The average Bonchev–Trinajstić information content (AvgIpc) is 2.52. The number of guanidine groups is 1. The summed E-state index contributed by atoms with van der Waals surface area (Å²) < 4.78 is 5.70. The molecule has 2 N–H and O–H groups in total. The van der Waals surface area contributed by atoms with Crippen LogP contribution in [0.4, 0.5) is 0 Å². The van der Waals surface area contributed by atoms with E-state index in [1.54, 1.807) is 0 Å². The van der Waals surface area contributed by atoms with Crippen LogP contribution < -0.4 is 10.5 Å². The highest BCUT2D eigenvalue weighted by Gasteiger charge is 2.11. The molecular weight excluding hydrogens is 262 g/mol. The van der Waals surface area contributed by atoms with Crippen LogP contribution in [0.1, 0.15) is 44.6 Å². The molecule has 0 aliphatic carbocycles. The summed E-state index contributed by atoms with van der Waals surface area (Å²) in [7, 11) is 0. The van der Waals surface area contributed by atoms with Crippen molar-refractivity contribution in [1.82, 2.24) is 4.90 Å². The predicted octanol–water partition coefficient (Wildman–Crippen LogP) is 2.99. The van der Waals surface area contributed by atoms with Crippen LogP contribution in [0, 0.1) is 0 Å². The van der Waals surface area contributed by atoms with Crippen LogP contribution in [0.3, 0.4) is 0 Å². The smallest absolute Gasteiger partial charge is 0.191 e. The molecule has 116 valence electrons. The van der Waals surface area contributed by atoms with E-state index in [0.717, 1.165) is 18.8 Å². The van der Waals surface area contributed by atoms with Gasteiger partial charge in [-0.25, -0.2) is 4.99 Å². The first-order valence-electron chi connectivity index (χ1n) is 7.94. The van der Waals surface area contributed by atoms with E-state index in [4.69, 9.17) is 10.5 Å². The van der Waals surface area contributed by atoms with Gasteiger partial charge in [0.05, 0.1) is 6.54 Å². The van der Waals surface area contributed by atoms with Gasteiger partial charge in [0.1, 0.15) is 12.4 Å². The maximum Gasteiger partial charge on any atom is 0.191 e. The van der Waals surface area contributed by atoms with Crippen LogP contribution in [0.2, 0.25) is 0 Å². The number of ether oxygens (including phenoxy) is 1. The first-order valence-corrected chi connectivity index (χ1v) is 7.94. The molecule has 1 fully saturated rings. The first-order chi connectivity index (χ1) is 10.2. The van der Waals surface area contributed by atoms with Crippen LogP contribution in [-0.4, -0.2) is 37.1 Å². The molecule has 1 saturated heterocycles. The van der Waals surface area contributed by atoms with Crippen molar-refractivity contribution in [2.75, 3.05) is 26.2 Å². The highest BCUT2D eigenvalue weighted by molar-refractivity contribution is 5.78. The molecule has 0 bridgehead atoms. The molecule has 0 atom stereocenters. The van der Waals surface area contributed by atoms with Gasteiger partial charge in [0.25, 0.3) is 0 Å². The Morgan fingerprint density at radius 3 is 2.48 bits per heavy atom. The fourth-order valence-corrected chi connectivity index (χ4v) is 2.50. The number of piperidine rings is 1. The standard InChI is InChI=1S/C17H27N3O/c1-14(2)15-6-8-16(9-7-15)21-13-10-19-17(18)20-11-4-3-5-12-20/h6-9,14H,3-5,10-13H2,1-2H3,(H2,18,19). The lowest BCUT2D eigenvalue weighted by atomic mass is 10.0. The van der Waals surface area contributed by atoms with Gasteiger partial charge in [-0.05, 0) is 42.9 Å². The third-order valence-corrected chi connectivity index (χ3v) is 3.86. The normalized spacial score (nSPS) is 16.3. The van der Waals surface area contributed by atoms with Crippen molar-refractivity contribution in [2.45, 2.75) is 39.0 Å². The zero-order chi connectivity index (χ0) is 15.1. The quantitative estimate of drug-likeness (QED) is 0.515. The summed E-state index contributed by atoms with van der Waals surface area (Å²) in [5.41, 5.74) is 7.33. The van der Waals surface area contributed by atoms with E-state index in [-0.39, 0.29) is 0 Å². The van der Waals surface area contributed by atoms with Crippen LogP contribution in [0.15, 0.2) is 29.3 Å². The molecule has 2 rings (SSSR count). The molecule has 4 nitrogen and oxygen atoms in total. The third kappa shape index (κ3) is 4.96. The molecule has 1 aliphatic heterocycles. The predicted molar refractivity (Wildman–Crippen MR) is 87.9 cm³/mol. The maximum atomic E-state index is 6.00. The van der Waals surface area contributed by atoms with Crippen molar-refractivity contribution in [3.05, 3.63) is 29.8 Å². The minimum atomic E-state index is 0.549. The van der Waals surface area contributed by atoms with Crippen LogP contribution >= 0.6 is 0 Å². The van der Waals surface area contributed by atoms with Crippen molar-refractivity contribution in [1.29, 1.82) is 0 Å². The fraction of sp³-hybridized carbons (Fsp3) is 0.588. The minimum absolute atomic E-state index is 0.549. The summed E-state index contributed by atoms with van der Waals surface area (Å²) in [5.74, 6) is 2.10. The third-order valence-electron chi connectivity index (χ3n) is 3.86. The molecule has 0 amide bonds. The highest BCUT2D eigenvalue weighted by Crippen LogP contribution is 2.18. The lowest BCUT2D eigenvalue weighted by molar-refractivity contribution is 0.321. The van der Waals surface area contributed by atoms with Crippen molar-refractivity contribution < 1.29 is 4.74 Å². The van der Waals surface area contributed by atoms with Crippen LogP contribution in [-0.2, 0) is 0 Å². The lowest BCUT2D eigenvalue weighted by Crippen LogP contribution is -2.41. The van der Waals surface area contributed by atoms with E-state index in [2.05, 4.69) is 35.9 Å². The molecular formula is C17H27N3O. The second-order valence-electron chi connectivity index (χ2n) is 5.86. The number of benzene rings is 1. The van der Waals surface area contributed by atoms with E-state index in [1.807, 2.05) is 12.1 Å². The molecule has 0 unspecified atom stereocenters. The van der Waals surface area contributed by atoms with Crippen molar-refractivity contribution in [3.8, 4) is 5.75 Å². The molecule has 1 aromatic carbocycles. The maximum absolute atomic E-state index is 6.00. The van der Waals surface area contributed by atoms with Crippen molar-refractivity contribution in [2.24, 2.45) is 10.7 Å². The van der Waals surface area contributed by atoms with Crippen molar-refractivity contribution >= 4 is 5.96 Å². The van der Waals surface area contributed by atoms with Gasteiger partial charge in [-0.2, -0.15) is 0 Å². The van der Waals surface area contributed by atoms with Gasteiger partial charge < -0.3 is 15.4 Å². The fourth-order valence-electron chi connectivity index (χ4n) is 2.50. The number of nitrogens with zero attached hydrogens (tertiary/aromatic N) is 2. The van der Waals surface area contributed by atoms with Crippen LogP contribution in [0.5, 0.6) is 5.75 Å². The number of hydrogen-bond acceptors (Lipinski definition) is 2. The van der Waals surface area contributed by atoms with Gasteiger partial charge >= 0.3 is 0 Å². The topological polar surface area (TPSA) is 50.9 Å². The Balaban J connectivity index is 1.73. The zero-order valence-electron chi connectivity index (χ0n) is 13.2. The Kier molecular flexibility index (Phi) is 5.90. The molecule has 0 radical (unpaired) electrons. The van der Waals surface area contributed by atoms with E-state index >= 15 is 0 Å². The Morgan fingerprint density at radius 2 is 1.86 bits per heavy atom. The second kappa shape index (κ2) is 7.91. The Bertz CT molecular complexity index is 448. The molecule has 1 aliphatic rings. The molecule has 1 aromatic rings. The van der Waals surface area contributed by atoms with Gasteiger partial charge in [-0.1, -0.05) is 26.0 Å². The van der Waals surface area contributed by atoms with Gasteiger partial charge in [-0.3, -0.25) is 0 Å². The Morgan fingerprint density at radius 1 is 1.19 bits per heavy atom. The molecule has 0 saturated carbocycles. The number of aliphatic imine (C=N–C) groups is 1. The Hall–Kier alpha value is -1.71. The summed E-state index contributed by atoms with van der Waals surface area (Å²) >= 11 is 0. The SMILES string of the molecule is CC(C)c1ccc(OCCN=C(N)N2CCCCC2)cc1. The molecule has 21 heavy (non-hydrogen) atoms. The van der Waals surface area contributed by atoms with Gasteiger partial charge in [-0.15, -0.1) is 0 Å². The average molecular weight is 289 g/mol. The number of nitrogens with two attached hydrogens (primary N) is 1. The molecule has 4 heteroatoms. The summed E-state index contributed by atoms with van der Waals surface area (Å²) in [6.45, 7) is 7.62. The molecule has 1 heterocycles. The molecule has 0 spiro atoms. The second-order valence-corrected chi connectivity index (χ2v) is 5.86. The summed E-state index contributed by atoms with van der Waals surface area (Å²) in [6.07, 6.45) is 3.74. The van der Waals surface area contributed by atoms with Crippen LogP contribution in [0.25, 0.3) is 0 Å². The minimum Gasteiger partial charge on any atom is -0.492 e. The largest absolute Gasteiger partial charge is 0.492 e. The first kappa shape index (κ1) is 15.7. The highest BCUT2D eigenvalue weighted by atomic mass is 16.5. The van der Waals surface area contributed by atoms with E-state index in [0.29, 0.717) is 25.0 Å². The summed E-state index contributed by atoms with van der Waals surface area (Å²) in [4.78, 5) is 6.57.